The fourth-order valence-corrected chi connectivity index (χ4v) is 5.30. The van der Waals surface area contributed by atoms with Gasteiger partial charge >= 0.3 is 23.5 Å². The molecule has 0 N–H and O–H groups in total. The predicted molar refractivity (Wildman–Crippen MR) is 140 cm³/mol. The van der Waals surface area contributed by atoms with Crippen molar-refractivity contribution in [3.63, 3.8) is 0 Å². The first kappa shape index (κ1) is 30.4. The summed E-state index contributed by atoms with van der Waals surface area (Å²) in [5.41, 5.74) is 1.35. The van der Waals surface area contributed by atoms with Crippen molar-refractivity contribution < 1.29 is 46.3 Å². The van der Waals surface area contributed by atoms with Crippen LogP contribution in [0.25, 0.3) is 11.0 Å². The van der Waals surface area contributed by atoms with Gasteiger partial charge in [0.25, 0.3) is 0 Å². The molecule has 1 saturated heterocycles. The standard InChI is InChI=1S/C26H29F3N4O7S/c1-17-20(30-10-7-22(17)39-16-26(27,28)29)15-41(36)23-31-19-5-3-4-6-21(19)33(23)24(34)32(2)11-14-38-25(35)40-18-8-12-37-13-9-18/h3-7,10,18H,8-9,11-16H2,1-2H3. The molecule has 1 fully saturated rings. The number of imidazole rings is 1. The fourth-order valence-electron chi connectivity index (χ4n) is 4.05. The van der Waals surface area contributed by atoms with Crippen molar-refractivity contribution in [2.45, 2.75) is 43.0 Å². The molecule has 1 aliphatic rings. The normalized spacial score (nSPS) is 15.0. The summed E-state index contributed by atoms with van der Waals surface area (Å²) in [5.74, 6) is -0.264. The number of fused-ring (bicyclic) bond motifs is 1. The Bertz CT molecular complexity index is 1360. The van der Waals surface area contributed by atoms with E-state index in [4.69, 9.17) is 18.9 Å². The number of aromatic nitrogens is 3. The highest BCUT2D eigenvalue weighted by Crippen LogP contribution is 2.27. The lowest BCUT2D eigenvalue weighted by atomic mass is 10.2. The number of para-hydroxylation sites is 2. The number of ether oxygens (including phenoxy) is 4. The second-order valence-corrected chi connectivity index (χ2v) is 10.6. The zero-order valence-electron chi connectivity index (χ0n) is 22.4. The minimum atomic E-state index is -4.52. The Hall–Kier alpha value is -3.56. The summed E-state index contributed by atoms with van der Waals surface area (Å²) in [5, 5.41) is -0.0642. The number of hydrogen-bond acceptors (Lipinski definition) is 9. The van der Waals surface area contributed by atoms with E-state index in [9.17, 15) is 27.3 Å². The molecule has 4 rings (SSSR count). The predicted octanol–water partition coefficient (Wildman–Crippen LogP) is 4.22. The van der Waals surface area contributed by atoms with Crippen molar-refractivity contribution in [3.8, 4) is 5.75 Å². The number of hydrogen-bond donors (Lipinski definition) is 0. The van der Waals surface area contributed by atoms with Crippen LogP contribution >= 0.6 is 0 Å². The van der Waals surface area contributed by atoms with E-state index in [0.29, 0.717) is 42.7 Å². The van der Waals surface area contributed by atoms with E-state index in [0.717, 1.165) is 0 Å². The number of alkyl halides is 3. The molecule has 11 nitrogen and oxygen atoms in total. The number of rotatable bonds is 9. The van der Waals surface area contributed by atoms with E-state index in [1.807, 2.05) is 0 Å². The molecular formula is C26H29F3N4O7S. The van der Waals surface area contributed by atoms with Crippen LogP contribution in [-0.2, 0) is 31.1 Å². The molecule has 1 unspecified atom stereocenters. The minimum absolute atomic E-state index is 0.0134. The minimum Gasteiger partial charge on any atom is -0.609 e. The van der Waals surface area contributed by atoms with Crippen LogP contribution in [-0.4, -0.2) is 88.5 Å². The highest BCUT2D eigenvalue weighted by atomic mass is 32.2. The van der Waals surface area contributed by atoms with E-state index < -0.39 is 36.1 Å². The van der Waals surface area contributed by atoms with Crippen LogP contribution in [0.5, 0.6) is 5.75 Å². The molecule has 0 spiro atoms. The smallest absolute Gasteiger partial charge is 0.508 e. The first-order valence-corrected chi connectivity index (χ1v) is 14.0. The van der Waals surface area contributed by atoms with Gasteiger partial charge in [-0.1, -0.05) is 12.1 Å². The summed E-state index contributed by atoms with van der Waals surface area (Å²) in [6.07, 6.45) is -3.20. The van der Waals surface area contributed by atoms with Gasteiger partial charge in [0, 0.05) is 42.8 Å². The average Bonchev–Trinajstić information content (AvgIpc) is 3.33. The molecular weight excluding hydrogens is 569 g/mol. The number of nitrogens with zero attached hydrogens (tertiary/aromatic N) is 4. The number of carbonyl (C=O) groups excluding carboxylic acids is 2. The molecule has 1 amide bonds. The number of carbonyl (C=O) groups is 2. The summed E-state index contributed by atoms with van der Waals surface area (Å²) >= 11 is -1.92. The summed E-state index contributed by atoms with van der Waals surface area (Å²) < 4.78 is 73.1. The summed E-state index contributed by atoms with van der Waals surface area (Å²) in [7, 11) is 1.49. The lowest BCUT2D eigenvalue weighted by Crippen LogP contribution is -2.36. The zero-order valence-corrected chi connectivity index (χ0v) is 23.2. The molecule has 0 bridgehead atoms. The molecule has 3 aromatic rings. The van der Waals surface area contributed by atoms with Gasteiger partial charge in [0.15, 0.2) is 12.4 Å². The van der Waals surface area contributed by atoms with Crippen LogP contribution in [0.4, 0.5) is 22.8 Å². The zero-order chi connectivity index (χ0) is 29.6. The molecule has 222 valence electrons. The van der Waals surface area contributed by atoms with E-state index in [1.165, 1.54) is 35.7 Å². The van der Waals surface area contributed by atoms with Crippen molar-refractivity contribution in [1.29, 1.82) is 0 Å². The maximum atomic E-state index is 13.5. The van der Waals surface area contributed by atoms with E-state index in [1.54, 1.807) is 24.3 Å². The Morgan fingerprint density at radius 3 is 2.68 bits per heavy atom. The van der Waals surface area contributed by atoms with Gasteiger partial charge in [-0.25, -0.2) is 14.2 Å². The van der Waals surface area contributed by atoms with Crippen molar-refractivity contribution in [3.05, 3.63) is 47.8 Å². The fraction of sp³-hybridized carbons (Fsp3) is 0.462. The maximum absolute atomic E-state index is 13.5. The third-order valence-electron chi connectivity index (χ3n) is 6.25. The number of amides is 1. The van der Waals surface area contributed by atoms with Gasteiger partial charge in [0.05, 0.1) is 36.5 Å². The van der Waals surface area contributed by atoms with Crippen LogP contribution in [0.1, 0.15) is 24.1 Å². The summed E-state index contributed by atoms with van der Waals surface area (Å²) in [6, 6.07) is 7.43. The van der Waals surface area contributed by atoms with E-state index in [-0.39, 0.29) is 41.6 Å². The first-order chi connectivity index (χ1) is 19.5. The Morgan fingerprint density at radius 1 is 1.22 bits per heavy atom. The van der Waals surface area contributed by atoms with Crippen molar-refractivity contribution in [1.82, 2.24) is 19.4 Å². The van der Waals surface area contributed by atoms with E-state index >= 15 is 0 Å². The van der Waals surface area contributed by atoms with Crippen LogP contribution in [0, 0.1) is 6.92 Å². The highest BCUT2D eigenvalue weighted by molar-refractivity contribution is 7.90. The van der Waals surface area contributed by atoms with Crippen LogP contribution in [0.15, 0.2) is 41.7 Å². The molecule has 1 atom stereocenters. The van der Waals surface area contributed by atoms with Gasteiger partial charge in [-0.05, 0) is 25.1 Å². The Kier molecular flexibility index (Phi) is 9.94. The molecule has 3 heterocycles. The number of likely N-dealkylation sites (N-methyl/N-ethyl adjacent to an activating group) is 1. The molecule has 0 radical (unpaired) electrons. The third-order valence-corrected chi connectivity index (χ3v) is 7.46. The topological polar surface area (TPSA) is 128 Å². The van der Waals surface area contributed by atoms with Gasteiger partial charge in [0.1, 0.15) is 18.5 Å². The van der Waals surface area contributed by atoms with Crippen molar-refractivity contribution in [2.75, 3.05) is 40.0 Å². The largest absolute Gasteiger partial charge is 0.609 e. The lowest BCUT2D eigenvalue weighted by Gasteiger charge is -2.22. The summed E-state index contributed by atoms with van der Waals surface area (Å²) in [6.45, 7) is 0.923. The Morgan fingerprint density at radius 2 is 1.95 bits per heavy atom. The molecule has 2 aromatic heterocycles. The third kappa shape index (κ3) is 8.01. The number of benzene rings is 1. The second kappa shape index (κ2) is 13.4. The molecule has 0 aliphatic carbocycles. The van der Waals surface area contributed by atoms with Gasteiger partial charge < -0.3 is 28.4 Å². The first-order valence-electron chi connectivity index (χ1n) is 12.7. The van der Waals surface area contributed by atoms with Crippen molar-refractivity contribution >= 4 is 34.4 Å². The van der Waals surface area contributed by atoms with Gasteiger partial charge in [-0.15, -0.1) is 0 Å². The van der Waals surface area contributed by atoms with Crippen LogP contribution in [0.3, 0.4) is 0 Å². The molecule has 1 aromatic carbocycles. The quantitative estimate of drug-likeness (QED) is 0.263. The molecule has 41 heavy (non-hydrogen) atoms. The highest BCUT2D eigenvalue weighted by Gasteiger charge is 2.31. The SMILES string of the molecule is Cc1c(OCC(F)(F)F)ccnc1C[S+]([O-])c1nc2ccccc2n1C(=O)N(C)CCOC(=O)OC1CCOCC1. The van der Waals surface area contributed by atoms with Crippen LogP contribution in [0.2, 0.25) is 0 Å². The van der Waals surface area contributed by atoms with Crippen LogP contribution < -0.4 is 4.74 Å². The monoisotopic (exact) mass is 598 g/mol. The van der Waals surface area contributed by atoms with Gasteiger partial charge in [-0.3, -0.25) is 4.98 Å². The molecule has 1 aliphatic heterocycles. The maximum Gasteiger partial charge on any atom is 0.508 e. The van der Waals surface area contributed by atoms with Crippen molar-refractivity contribution in [2.24, 2.45) is 0 Å². The molecule has 15 heteroatoms. The van der Waals surface area contributed by atoms with Gasteiger partial charge in [-0.2, -0.15) is 18.2 Å². The van der Waals surface area contributed by atoms with E-state index in [2.05, 4.69) is 9.97 Å². The lowest BCUT2D eigenvalue weighted by molar-refractivity contribution is -0.153. The summed E-state index contributed by atoms with van der Waals surface area (Å²) in [4.78, 5) is 35.3. The van der Waals surface area contributed by atoms with Gasteiger partial charge in [0.2, 0.25) is 0 Å². The molecule has 0 saturated carbocycles. The number of halogens is 3. The number of pyridine rings is 1. The Balaban J connectivity index is 1.46. The second-order valence-electron chi connectivity index (χ2n) is 9.23. The average molecular weight is 599 g/mol. The Labute approximate surface area is 236 Å².